The van der Waals surface area contributed by atoms with Gasteiger partial charge < -0.3 is 10.2 Å². The van der Waals surface area contributed by atoms with Gasteiger partial charge in [0.2, 0.25) is 0 Å². The topological polar surface area (TPSA) is 40.5 Å². The fraction of sp³-hybridized carbons (Fsp3) is 0.769. The van der Waals surface area contributed by atoms with Gasteiger partial charge in [-0.1, -0.05) is 55.7 Å². The highest BCUT2D eigenvalue weighted by Gasteiger charge is 2.44. The summed E-state index contributed by atoms with van der Waals surface area (Å²) in [5, 5.41) is 20.5. The molecule has 3 rings (SSSR count). The molecule has 0 aliphatic heterocycles. The molecule has 3 aliphatic rings. The van der Waals surface area contributed by atoms with E-state index in [0.717, 1.165) is 56.5 Å². The third-order valence-corrected chi connectivity index (χ3v) is 9.07. The van der Waals surface area contributed by atoms with E-state index in [0.29, 0.717) is 11.3 Å². The minimum Gasteiger partial charge on any atom is -0.393 e. The first kappa shape index (κ1) is 23.2. The maximum absolute atomic E-state index is 10.5. The maximum atomic E-state index is 10.5. The van der Waals surface area contributed by atoms with Gasteiger partial charge >= 0.3 is 0 Å². The Balaban J connectivity index is 1.58. The molecule has 0 aromatic heterocycles. The van der Waals surface area contributed by atoms with Crippen LogP contribution in [0.1, 0.15) is 91.4 Å². The lowest BCUT2D eigenvalue weighted by Gasteiger charge is -2.41. The minimum atomic E-state index is -0.468. The van der Waals surface area contributed by atoms with E-state index in [2.05, 4.69) is 39.0 Å². The number of thioether (sulfide) groups is 1. The van der Waals surface area contributed by atoms with Crippen molar-refractivity contribution in [1.29, 1.82) is 0 Å². The highest BCUT2D eigenvalue weighted by Crippen LogP contribution is 2.55. The Morgan fingerprint density at radius 2 is 2.00 bits per heavy atom. The average molecular weight is 419 g/mol. The molecule has 3 heteroatoms. The van der Waals surface area contributed by atoms with E-state index in [1.807, 2.05) is 11.8 Å². The van der Waals surface area contributed by atoms with Crippen LogP contribution in [0.4, 0.5) is 0 Å². The standard InChI is InChI=1S/C26H42O2S/c1-4-26(28,5-2)16-17-29-19-22-13-14-24-21(9-7-15-25(22,24)3)12-11-20-8-6-10-23(27)18-20/h11-13,23-24,27-28H,4-10,14-19H2,1-3H3/b20-11-,21-12+. The summed E-state index contributed by atoms with van der Waals surface area (Å²) < 4.78 is 0. The van der Waals surface area contributed by atoms with E-state index in [4.69, 9.17) is 0 Å². The predicted molar refractivity (Wildman–Crippen MR) is 126 cm³/mol. The first-order valence-electron chi connectivity index (χ1n) is 12.0. The van der Waals surface area contributed by atoms with Crippen LogP contribution >= 0.6 is 11.8 Å². The van der Waals surface area contributed by atoms with E-state index in [9.17, 15) is 10.2 Å². The van der Waals surface area contributed by atoms with Gasteiger partial charge in [-0.15, -0.1) is 0 Å². The summed E-state index contributed by atoms with van der Waals surface area (Å²) in [4.78, 5) is 0. The van der Waals surface area contributed by atoms with Crippen molar-refractivity contribution in [2.75, 3.05) is 11.5 Å². The fourth-order valence-electron chi connectivity index (χ4n) is 5.63. The molecule has 3 unspecified atom stereocenters. The van der Waals surface area contributed by atoms with Crippen molar-refractivity contribution in [3.63, 3.8) is 0 Å². The molecular weight excluding hydrogens is 376 g/mol. The zero-order chi connectivity index (χ0) is 20.9. The SMILES string of the molecule is CCC(O)(CC)CCSCC1=CCC2/C(=C/C=C3/CCCC(O)C3)CCCC12C. The van der Waals surface area contributed by atoms with Gasteiger partial charge in [-0.3, -0.25) is 0 Å². The largest absolute Gasteiger partial charge is 0.393 e. The normalized spacial score (nSPS) is 33.2. The molecule has 164 valence electrons. The molecule has 0 amide bonds. The molecule has 0 aromatic carbocycles. The number of aliphatic hydroxyl groups is 2. The van der Waals surface area contributed by atoms with Crippen LogP contribution in [0.25, 0.3) is 0 Å². The highest BCUT2D eigenvalue weighted by molar-refractivity contribution is 7.99. The van der Waals surface area contributed by atoms with Crippen molar-refractivity contribution in [2.45, 2.75) is 103 Å². The molecule has 29 heavy (non-hydrogen) atoms. The van der Waals surface area contributed by atoms with Crippen molar-refractivity contribution in [3.8, 4) is 0 Å². The number of hydrogen-bond donors (Lipinski definition) is 2. The van der Waals surface area contributed by atoms with Gasteiger partial charge in [0, 0.05) is 5.75 Å². The molecule has 0 bridgehead atoms. The van der Waals surface area contributed by atoms with Crippen LogP contribution < -0.4 is 0 Å². The maximum Gasteiger partial charge on any atom is 0.0650 e. The Bertz CT molecular complexity index is 643. The molecule has 3 atom stereocenters. The number of fused-ring (bicyclic) bond motifs is 1. The predicted octanol–water partition coefficient (Wildman–Crippen LogP) is 6.59. The molecule has 2 fully saturated rings. The molecule has 0 radical (unpaired) electrons. The summed E-state index contributed by atoms with van der Waals surface area (Å²) in [7, 11) is 0. The number of aliphatic hydroxyl groups excluding tert-OH is 1. The van der Waals surface area contributed by atoms with Crippen LogP contribution in [-0.2, 0) is 0 Å². The van der Waals surface area contributed by atoms with Gasteiger partial charge in [-0.05, 0) is 87.7 Å². The summed E-state index contributed by atoms with van der Waals surface area (Å²) in [6.45, 7) is 6.69. The van der Waals surface area contributed by atoms with Crippen LogP contribution in [0.5, 0.6) is 0 Å². The lowest BCUT2D eigenvalue weighted by Crippen LogP contribution is -2.31. The van der Waals surface area contributed by atoms with Gasteiger partial charge in [0.1, 0.15) is 0 Å². The van der Waals surface area contributed by atoms with Gasteiger partial charge in [-0.2, -0.15) is 11.8 Å². The third-order valence-electron chi connectivity index (χ3n) is 8.06. The molecule has 2 N–H and O–H groups in total. The van der Waals surface area contributed by atoms with Crippen LogP contribution in [-0.4, -0.2) is 33.4 Å². The Hall–Kier alpha value is -0.510. The summed E-state index contributed by atoms with van der Waals surface area (Å²) in [5.74, 6) is 2.84. The monoisotopic (exact) mass is 418 g/mol. The van der Waals surface area contributed by atoms with Gasteiger partial charge in [0.25, 0.3) is 0 Å². The molecule has 0 saturated heterocycles. The Kier molecular flexibility index (Phi) is 8.14. The van der Waals surface area contributed by atoms with Crippen molar-refractivity contribution >= 4 is 11.8 Å². The average Bonchev–Trinajstić information content (AvgIpc) is 3.06. The molecule has 0 aromatic rings. The summed E-state index contributed by atoms with van der Waals surface area (Å²) >= 11 is 2.01. The molecule has 0 heterocycles. The van der Waals surface area contributed by atoms with Crippen molar-refractivity contribution in [1.82, 2.24) is 0 Å². The summed E-state index contributed by atoms with van der Waals surface area (Å²) in [5.41, 5.74) is 4.58. The quantitative estimate of drug-likeness (QED) is 0.345. The second-order valence-electron chi connectivity index (χ2n) is 9.84. The van der Waals surface area contributed by atoms with Crippen LogP contribution in [0.2, 0.25) is 0 Å². The van der Waals surface area contributed by atoms with Crippen molar-refractivity contribution in [3.05, 3.63) is 34.9 Å². The fourth-order valence-corrected chi connectivity index (χ4v) is 6.96. The van der Waals surface area contributed by atoms with Gasteiger partial charge in [0.15, 0.2) is 0 Å². The second kappa shape index (κ2) is 10.2. The van der Waals surface area contributed by atoms with E-state index in [1.54, 1.807) is 11.1 Å². The lowest BCUT2D eigenvalue weighted by atomic mass is 9.64. The van der Waals surface area contributed by atoms with Crippen molar-refractivity contribution < 1.29 is 10.2 Å². The highest BCUT2D eigenvalue weighted by atomic mass is 32.2. The smallest absolute Gasteiger partial charge is 0.0650 e. The third kappa shape index (κ3) is 5.60. The summed E-state index contributed by atoms with van der Waals surface area (Å²) in [6.07, 6.45) is 18.9. The van der Waals surface area contributed by atoms with E-state index >= 15 is 0 Å². The van der Waals surface area contributed by atoms with Crippen molar-refractivity contribution in [2.24, 2.45) is 11.3 Å². The molecule has 3 aliphatic carbocycles. The molecule has 2 saturated carbocycles. The number of hydrogen-bond acceptors (Lipinski definition) is 3. The van der Waals surface area contributed by atoms with Gasteiger partial charge in [-0.25, -0.2) is 0 Å². The van der Waals surface area contributed by atoms with Gasteiger partial charge in [0.05, 0.1) is 11.7 Å². The molecule has 2 nitrogen and oxygen atoms in total. The first-order chi connectivity index (χ1) is 13.9. The Labute approximate surface area is 182 Å². The Morgan fingerprint density at radius 3 is 2.72 bits per heavy atom. The van der Waals surface area contributed by atoms with E-state index < -0.39 is 5.60 Å². The van der Waals surface area contributed by atoms with Crippen LogP contribution in [0, 0.1) is 11.3 Å². The number of rotatable bonds is 8. The first-order valence-corrected chi connectivity index (χ1v) is 13.1. The zero-order valence-corrected chi connectivity index (χ0v) is 19.7. The van der Waals surface area contributed by atoms with E-state index in [1.165, 1.54) is 31.3 Å². The molecular formula is C26H42O2S. The Morgan fingerprint density at radius 1 is 1.21 bits per heavy atom. The zero-order valence-electron chi connectivity index (χ0n) is 18.9. The van der Waals surface area contributed by atoms with Crippen LogP contribution in [0.15, 0.2) is 34.9 Å². The van der Waals surface area contributed by atoms with Crippen LogP contribution in [0.3, 0.4) is 0 Å². The summed E-state index contributed by atoms with van der Waals surface area (Å²) in [6, 6.07) is 0. The van der Waals surface area contributed by atoms with E-state index in [-0.39, 0.29) is 6.10 Å². The molecule has 0 spiro atoms. The number of allylic oxidation sites excluding steroid dienone is 4. The lowest BCUT2D eigenvalue weighted by molar-refractivity contribution is 0.0297. The second-order valence-corrected chi connectivity index (χ2v) is 10.9. The minimum absolute atomic E-state index is 0.125.